The molecule has 0 bridgehead atoms. The van der Waals surface area contributed by atoms with Crippen LogP contribution >= 0.6 is 0 Å². The van der Waals surface area contributed by atoms with E-state index in [4.69, 9.17) is 9.16 Å². The molecule has 116 valence electrons. The van der Waals surface area contributed by atoms with E-state index < -0.39 is 13.9 Å². The number of nitrogens with zero attached hydrogens (tertiary/aromatic N) is 1. The molecule has 0 aromatic heterocycles. The maximum Gasteiger partial charge on any atom is 0.596 e. The van der Waals surface area contributed by atoms with Crippen molar-refractivity contribution >= 4 is 20.6 Å². The number of rotatable bonds is 2. The summed E-state index contributed by atoms with van der Waals surface area (Å²) in [6.45, 7) is 17.4. The van der Waals surface area contributed by atoms with Gasteiger partial charge >= 0.3 is 6.09 Å². The van der Waals surface area contributed by atoms with Crippen molar-refractivity contribution in [2.24, 2.45) is 0 Å². The SMILES string of the molecule is CC(C)(C)OC(=O)[N+]1=CC[C@@H](O[Si](C)(C)C(C)(C)C)C1. The number of ether oxygens (including phenoxy) is 1. The van der Waals surface area contributed by atoms with E-state index >= 15 is 0 Å². The van der Waals surface area contributed by atoms with Crippen molar-refractivity contribution in [1.82, 2.24) is 0 Å². The van der Waals surface area contributed by atoms with Crippen LogP contribution in [0.3, 0.4) is 0 Å². The Bertz CT molecular complexity index is 402. The van der Waals surface area contributed by atoms with Crippen LogP contribution in [0, 0.1) is 0 Å². The molecular weight excluding hydrogens is 270 g/mol. The van der Waals surface area contributed by atoms with Gasteiger partial charge in [0.1, 0.15) is 11.7 Å². The largest absolute Gasteiger partial charge is 0.596 e. The van der Waals surface area contributed by atoms with Gasteiger partial charge in [-0.3, -0.25) is 0 Å². The van der Waals surface area contributed by atoms with E-state index in [1.807, 2.05) is 27.0 Å². The lowest BCUT2D eigenvalue weighted by molar-refractivity contribution is -0.445. The minimum absolute atomic E-state index is 0.100. The Morgan fingerprint density at radius 3 is 2.20 bits per heavy atom. The average Bonchev–Trinajstić information content (AvgIpc) is 2.60. The summed E-state index contributed by atoms with van der Waals surface area (Å²) in [5.74, 6) is 0. The summed E-state index contributed by atoms with van der Waals surface area (Å²) in [5, 5.41) is 0.187. The van der Waals surface area contributed by atoms with Gasteiger partial charge in [0.25, 0.3) is 0 Å². The van der Waals surface area contributed by atoms with Crippen molar-refractivity contribution in [3.05, 3.63) is 0 Å². The van der Waals surface area contributed by atoms with E-state index in [0.717, 1.165) is 6.42 Å². The van der Waals surface area contributed by atoms with Crippen molar-refractivity contribution < 1.29 is 18.5 Å². The zero-order valence-electron chi connectivity index (χ0n) is 14.2. The molecule has 1 atom stereocenters. The third kappa shape index (κ3) is 4.70. The Balaban J connectivity index is 2.57. The topological polar surface area (TPSA) is 38.5 Å². The second-order valence-corrected chi connectivity index (χ2v) is 12.8. The molecule has 4 nitrogen and oxygen atoms in total. The van der Waals surface area contributed by atoms with E-state index in [1.54, 1.807) is 4.58 Å². The number of hydrogen-bond donors (Lipinski definition) is 0. The van der Waals surface area contributed by atoms with Gasteiger partial charge in [0.05, 0.1) is 6.42 Å². The quantitative estimate of drug-likeness (QED) is 0.575. The highest BCUT2D eigenvalue weighted by Crippen LogP contribution is 2.37. The van der Waals surface area contributed by atoms with Crippen LogP contribution in [0.25, 0.3) is 0 Å². The monoisotopic (exact) mass is 300 g/mol. The van der Waals surface area contributed by atoms with Crippen LogP contribution in [0.5, 0.6) is 0 Å². The van der Waals surface area contributed by atoms with E-state index in [-0.39, 0.29) is 17.2 Å². The number of carbonyl (C=O) groups excluding carboxylic acids is 1. The highest BCUT2D eigenvalue weighted by atomic mass is 28.4. The van der Waals surface area contributed by atoms with Crippen LogP contribution in [0.2, 0.25) is 18.1 Å². The Hall–Kier alpha value is -0.683. The van der Waals surface area contributed by atoms with Gasteiger partial charge in [-0.15, -0.1) is 4.58 Å². The van der Waals surface area contributed by atoms with Crippen LogP contribution in [-0.2, 0) is 9.16 Å². The number of amides is 1. The van der Waals surface area contributed by atoms with E-state index in [9.17, 15) is 4.79 Å². The van der Waals surface area contributed by atoms with Gasteiger partial charge in [0.15, 0.2) is 21.1 Å². The predicted molar refractivity (Wildman–Crippen MR) is 84.1 cm³/mol. The molecule has 1 amide bonds. The summed E-state index contributed by atoms with van der Waals surface area (Å²) in [5.41, 5.74) is -0.455. The Morgan fingerprint density at radius 1 is 1.20 bits per heavy atom. The van der Waals surface area contributed by atoms with Gasteiger partial charge in [-0.05, 0) is 38.9 Å². The summed E-state index contributed by atoms with van der Waals surface area (Å²) >= 11 is 0. The molecule has 0 radical (unpaired) electrons. The highest BCUT2D eigenvalue weighted by Gasteiger charge is 2.42. The summed E-state index contributed by atoms with van der Waals surface area (Å²) in [6, 6.07) is 0. The third-order valence-electron chi connectivity index (χ3n) is 3.88. The van der Waals surface area contributed by atoms with Crippen LogP contribution in [0.15, 0.2) is 0 Å². The summed E-state index contributed by atoms with van der Waals surface area (Å²) in [6.07, 6.45) is 2.50. The molecule has 0 N–H and O–H groups in total. The molecule has 0 fully saturated rings. The van der Waals surface area contributed by atoms with Crippen molar-refractivity contribution in [3.8, 4) is 0 Å². The number of hydrogen-bond acceptors (Lipinski definition) is 3. The molecule has 20 heavy (non-hydrogen) atoms. The lowest BCUT2D eigenvalue weighted by Gasteiger charge is -2.37. The second-order valence-electron chi connectivity index (χ2n) is 8.05. The molecule has 5 heteroatoms. The molecule has 0 aromatic carbocycles. The van der Waals surface area contributed by atoms with E-state index in [2.05, 4.69) is 33.9 Å². The van der Waals surface area contributed by atoms with Crippen molar-refractivity contribution in [2.75, 3.05) is 6.54 Å². The smallest absolute Gasteiger partial charge is 0.407 e. The first-order valence-corrected chi connectivity index (χ1v) is 10.2. The molecule has 0 saturated heterocycles. The molecule has 0 aliphatic carbocycles. The molecular formula is C15H30NO3Si+. The fourth-order valence-electron chi connectivity index (χ4n) is 1.76. The van der Waals surface area contributed by atoms with E-state index in [1.165, 1.54) is 0 Å². The summed E-state index contributed by atoms with van der Waals surface area (Å²) in [4.78, 5) is 12.0. The second kappa shape index (κ2) is 5.60. The fourth-order valence-corrected chi connectivity index (χ4v) is 3.12. The first-order valence-electron chi connectivity index (χ1n) is 7.32. The maximum atomic E-state index is 12.0. The average molecular weight is 300 g/mol. The predicted octanol–water partition coefficient (Wildman–Crippen LogP) is 3.80. The Labute approximate surface area is 124 Å². The van der Waals surface area contributed by atoms with Gasteiger partial charge in [0, 0.05) is 0 Å². The maximum absolute atomic E-state index is 12.0. The van der Waals surface area contributed by atoms with Crippen LogP contribution in [0.4, 0.5) is 4.79 Å². The van der Waals surface area contributed by atoms with E-state index in [0.29, 0.717) is 6.54 Å². The molecule has 1 aliphatic heterocycles. The molecule has 0 aromatic rings. The standard InChI is InChI=1S/C15H30NO3Si/c1-14(2,3)18-13(17)16-10-9-12(11-16)19-20(7,8)15(4,5)6/h10,12H,9,11H2,1-8H3/q+1/t12-/m1/s1. The van der Waals surface area contributed by atoms with Gasteiger partial charge in [-0.25, -0.2) is 0 Å². The van der Waals surface area contributed by atoms with Gasteiger partial charge in [-0.2, -0.15) is 4.79 Å². The Morgan fingerprint density at radius 2 is 1.75 bits per heavy atom. The minimum atomic E-state index is -1.78. The lowest BCUT2D eigenvalue weighted by Crippen LogP contribution is -2.45. The Kier molecular flexibility index (Phi) is 4.86. The summed E-state index contributed by atoms with van der Waals surface area (Å²) in [7, 11) is -1.78. The fraction of sp³-hybridized carbons (Fsp3) is 0.867. The normalized spacial score (nSPS) is 20.8. The molecule has 0 spiro atoms. The van der Waals surface area contributed by atoms with Gasteiger partial charge in [-0.1, -0.05) is 20.8 Å². The zero-order chi connectivity index (χ0) is 15.8. The molecule has 1 aliphatic rings. The molecule has 1 heterocycles. The highest BCUT2D eigenvalue weighted by molar-refractivity contribution is 6.74. The van der Waals surface area contributed by atoms with Crippen LogP contribution in [0.1, 0.15) is 48.0 Å². The first-order chi connectivity index (χ1) is 8.82. The minimum Gasteiger partial charge on any atom is -0.407 e. The summed E-state index contributed by atoms with van der Waals surface area (Å²) < 4.78 is 13.4. The van der Waals surface area contributed by atoms with Crippen LogP contribution < -0.4 is 0 Å². The lowest BCUT2D eigenvalue weighted by atomic mass is 10.2. The van der Waals surface area contributed by atoms with Crippen LogP contribution in [-0.4, -0.2) is 43.5 Å². The number of carbonyl (C=O) groups is 1. The van der Waals surface area contributed by atoms with Gasteiger partial charge in [0.2, 0.25) is 0 Å². The van der Waals surface area contributed by atoms with Crippen molar-refractivity contribution in [2.45, 2.75) is 77.8 Å². The molecule has 1 rings (SSSR count). The van der Waals surface area contributed by atoms with Crippen molar-refractivity contribution in [1.29, 1.82) is 0 Å². The first kappa shape index (κ1) is 17.4. The van der Waals surface area contributed by atoms with Gasteiger partial charge < -0.3 is 9.16 Å². The zero-order valence-corrected chi connectivity index (χ0v) is 15.2. The van der Waals surface area contributed by atoms with Crippen molar-refractivity contribution in [3.63, 3.8) is 0 Å². The molecule has 0 unspecified atom stereocenters. The third-order valence-corrected chi connectivity index (χ3v) is 8.42. The molecule has 0 saturated carbocycles.